The Kier molecular flexibility index (Phi) is 3.96. The second-order valence-corrected chi connectivity index (χ2v) is 5.64. The number of non-ortho nitro benzene ring substituents is 1. The minimum Gasteiger partial charge on any atom is -0.317 e. The molecule has 0 aliphatic heterocycles. The van der Waals surface area contributed by atoms with Crippen LogP contribution in [0.5, 0.6) is 0 Å². The van der Waals surface area contributed by atoms with E-state index in [2.05, 4.69) is 10.3 Å². The molecule has 8 heteroatoms. The van der Waals surface area contributed by atoms with Gasteiger partial charge in [0, 0.05) is 11.6 Å². The molecule has 1 N–H and O–H groups in total. The van der Waals surface area contributed by atoms with Gasteiger partial charge in [0.2, 0.25) is 0 Å². The fourth-order valence-electron chi connectivity index (χ4n) is 2.39. The lowest BCUT2D eigenvalue weighted by atomic mass is 10.1. The molecule has 1 aliphatic carbocycles. The van der Waals surface area contributed by atoms with Crippen molar-refractivity contribution in [3.63, 3.8) is 0 Å². The average molecular weight is 333 g/mol. The fraction of sp³-hybridized carbons (Fsp3) is 0.250. The van der Waals surface area contributed by atoms with Gasteiger partial charge in [-0.2, -0.15) is 0 Å². The Hall–Kier alpha value is -2.90. The molecule has 1 aromatic carbocycles. The van der Waals surface area contributed by atoms with Crippen LogP contribution in [-0.2, 0) is 0 Å². The molecule has 0 spiro atoms. The van der Waals surface area contributed by atoms with Gasteiger partial charge in [-0.25, -0.2) is 8.78 Å². The number of anilines is 1. The average Bonchev–Trinajstić information content (AvgIpc) is 3.35. The number of carbonyl (C=O) groups is 1. The van der Waals surface area contributed by atoms with E-state index in [0.717, 1.165) is 18.5 Å². The Morgan fingerprint density at radius 3 is 2.42 bits per heavy atom. The highest BCUT2D eigenvalue weighted by Crippen LogP contribution is 2.39. The first-order valence-electron chi connectivity index (χ1n) is 7.29. The highest BCUT2D eigenvalue weighted by atomic mass is 19.1. The highest BCUT2D eigenvalue weighted by Gasteiger charge is 2.26. The molecule has 0 saturated heterocycles. The minimum atomic E-state index is -1.21. The number of nitrogens with one attached hydrogen (secondary N) is 1. The molecule has 1 amide bonds. The van der Waals surface area contributed by atoms with Crippen LogP contribution in [0.25, 0.3) is 0 Å². The van der Waals surface area contributed by atoms with Crippen LogP contribution in [0.4, 0.5) is 20.2 Å². The molecule has 3 rings (SSSR count). The maximum absolute atomic E-state index is 13.9. The van der Waals surface area contributed by atoms with Gasteiger partial charge in [0.25, 0.3) is 11.6 Å². The summed E-state index contributed by atoms with van der Waals surface area (Å²) in [5.41, 5.74) is 0.0961. The van der Waals surface area contributed by atoms with Gasteiger partial charge in [-0.15, -0.1) is 0 Å². The predicted molar refractivity (Wildman–Crippen MR) is 81.9 cm³/mol. The van der Waals surface area contributed by atoms with Gasteiger partial charge in [0.15, 0.2) is 11.6 Å². The first kappa shape index (κ1) is 16.0. The summed E-state index contributed by atoms with van der Waals surface area (Å²) in [4.78, 5) is 26.2. The van der Waals surface area contributed by atoms with Crippen molar-refractivity contribution < 1.29 is 18.5 Å². The lowest BCUT2D eigenvalue weighted by Gasteiger charge is -2.10. The number of hydrogen-bond acceptors (Lipinski definition) is 4. The van der Waals surface area contributed by atoms with Crippen LogP contribution in [0.15, 0.2) is 24.3 Å². The third-order valence-electron chi connectivity index (χ3n) is 3.82. The summed E-state index contributed by atoms with van der Waals surface area (Å²) in [6.45, 7) is 1.64. The van der Waals surface area contributed by atoms with Crippen LogP contribution in [0.1, 0.15) is 40.5 Å². The van der Waals surface area contributed by atoms with E-state index in [1.54, 1.807) is 19.1 Å². The van der Waals surface area contributed by atoms with Crippen LogP contribution in [0.3, 0.4) is 0 Å². The molecule has 0 atom stereocenters. The number of hydrogen-bond donors (Lipinski definition) is 1. The largest absolute Gasteiger partial charge is 0.317 e. The molecule has 0 radical (unpaired) electrons. The second-order valence-electron chi connectivity index (χ2n) is 5.64. The van der Waals surface area contributed by atoms with Gasteiger partial charge in [-0.3, -0.25) is 19.9 Å². The Balaban J connectivity index is 1.86. The smallest absolute Gasteiger partial charge is 0.275 e. The van der Waals surface area contributed by atoms with Gasteiger partial charge in [-0.05, 0) is 31.9 Å². The lowest BCUT2D eigenvalue weighted by Crippen LogP contribution is -2.16. The summed E-state index contributed by atoms with van der Waals surface area (Å²) < 4.78 is 27.7. The molecule has 0 bridgehead atoms. The Morgan fingerprint density at radius 1 is 1.29 bits per heavy atom. The van der Waals surface area contributed by atoms with Crippen molar-refractivity contribution in [1.29, 1.82) is 0 Å². The van der Waals surface area contributed by atoms with E-state index in [1.165, 1.54) is 0 Å². The van der Waals surface area contributed by atoms with Gasteiger partial charge < -0.3 is 5.32 Å². The molecule has 1 aliphatic rings. The quantitative estimate of drug-likeness (QED) is 0.683. The van der Waals surface area contributed by atoms with Crippen molar-refractivity contribution in [1.82, 2.24) is 4.98 Å². The molecule has 24 heavy (non-hydrogen) atoms. The van der Waals surface area contributed by atoms with Crippen LogP contribution in [0.2, 0.25) is 0 Å². The predicted octanol–water partition coefficient (Wildman–Crippen LogP) is 3.71. The number of rotatable bonds is 4. The van der Waals surface area contributed by atoms with Crippen molar-refractivity contribution in [2.45, 2.75) is 25.7 Å². The SMILES string of the molecule is Cc1nc(C2CC2)ccc1C(=O)Nc1c(F)cc([N+](=O)[O-])cc1F. The summed E-state index contributed by atoms with van der Waals surface area (Å²) in [6.07, 6.45) is 2.13. The van der Waals surface area contributed by atoms with Crippen LogP contribution in [0, 0.1) is 28.7 Å². The van der Waals surface area contributed by atoms with Gasteiger partial charge in [-0.1, -0.05) is 0 Å². The normalized spacial score (nSPS) is 13.6. The number of carbonyl (C=O) groups excluding carboxylic acids is 1. The van der Waals surface area contributed by atoms with Gasteiger partial charge in [0.05, 0.1) is 28.3 Å². The number of benzene rings is 1. The Labute approximate surface area is 135 Å². The van der Waals surface area contributed by atoms with E-state index in [-0.39, 0.29) is 5.56 Å². The van der Waals surface area contributed by atoms with Crippen LogP contribution >= 0.6 is 0 Å². The number of pyridine rings is 1. The molecule has 2 aromatic rings. The zero-order chi connectivity index (χ0) is 17.4. The number of nitro groups is 1. The molecule has 1 heterocycles. The lowest BCUT2D eigenvalue weighted by molar-refractivity contribution is -0.385. The van der Waals surface area contributed by atoms with E-state index in [4.69, 9.17) is 0 Å². The summed E-state index contributed by atoms with van der Waals surface area (Å²) in [6, 6.07) is 4.40. The van der Waals surface area contributed by atoms with E-state index < -0.39 is 33.8 Å². The molecule has 1 fully saturated rings. The molecule has 124 valence electrons. The highest BCUT2D eigenvalue weighted by molar-refractivity contribution is 6.05. The number of halogens is 2. The van der Waals surface area contributed by atoms with Crippen LogP contribution in [-0.4, -0.2) is 15.8 Å². The summed E-state index contributed by atoms with van der Waals surface area (Å²) >= 11 is 0. The van der Waals surface area contributed by atoms with E-state index in [9.17, 15) is 23.7 Å². The van der Waals surface area contributed by atoms with Crippen molar-refractivity contribution in [2.24, 2.45) is 0 Å². The maximum Gasteiger partial charge on any atom is 0.275 e. The zero-order valence-corrected chi connectivity index (χ0v) is 12.7. The van der Waals surface area contributed by atoms with E-state index >= 15 is 0 Å². The fourth-order valence-corrected chi connectivity index (χ4v) is 2.39. The van der Waals surface area contributed by atoms with Gasteiger partial charge in [0.1, 0.15) is 5.69 Å². The molecule has 0 unspecified atom stereocenters. The topological polar surface area (TPSA) is 85.1 Å². The summed E-state index contributed by atoms with van der Waals surface area (Å²) in [5, 5.41) is 12.7. The Morgan fingerprint density at radius 2 is 1.92 bits per heavy atom. The molecule has 1 saturated carbocycles. The first-order chi connectivity index (χ1) is 11.4. The van der Waals surface area contributed by atoms with Crippen molar-refractivity contribution in [3.05, 3.63) is 63.0 Å². The number of amides is 1. The minimum absolute atomic E-state index is 0.191. The number of aromatic nitrogens is 1. The second kappa shape index (κ2) is 5.95. The van der Waals surface area contributed by atoms with E-state index in [0.29, 0.717) is 23.7 Å². The monoisotopic (exact) mass is 333 g/mol. The third kappa shape index (κ3) is 3.08. The summed E-state index contributed by atoms with van der Waals surface area (Å²) in [7, 11) is 0. The number of nitro benzene ring substituents is 1. The number of aryl methyl sites for hydroxylation is 1. The standard InChI is InChI=1S/C16H13F2N3O3/c1-8-11(4-5-14(19-8)9-2-3-9)16(22)20-15-12(17)6-10(21(23)24)7-13(15)18/h4-7,9H,2-3H2,1H3,(H,20,22). The molecular weight excluding hydrogens is 320 g/mol. The number of nitrogens with zero attached hydrogens (tertiary/aromatic N) is 2. The zero-order valence-electron chi connectivity index (χ0n) is 12.7. The third-order valence-corrected chi connectivity index (χ3v) is 3.82. The maximum atomic E-state index is 13.9. The van der Waals surface area contributed by atoms with Gasteiger partial charge >= 0.3 is 0 Å². The Bertz CT molecular complexity index is 827. The first-order valence-corrected chi connectivity index (χ1v) is 7.29. The van der Waals surface area contributed by atoms with Crippen LogP contribution < -0.4 is 5.32 Å². The summed E-state index contributed by atoms with van der Waals surface area (Å²) in [5.74, 6) is -2.73. The molecule has 6 nitrogen and oxygen atoms in total. The van der Waals surface area contributed by atoms with E-state index in [1.807, 2.05) is 0 Å². The van der Waals surface area contributed by atoms with Crippen molar-refractivity contribution in [2.75, 3.05) is 5.32 Å². The van der Waals surface area contributed by atoms with Crippen molar-refractivity contribution in [3.8, 4) is 0 Å². The molecule has 1 aromatic heterocycles. The van der Waals surface area contributed by atoms with Crippen molar-refractivity contribution >= 4 is 17.3 Å². The molecular formula is C16H13F2N3O3.